The highest BCUT2D eigenvalue weighted by Gasteiger charge is 2.08. The average Bonchev–Trinajstić information content (AvgIpc) is 2.70. The molecule has 0 spiro atoms. The van der Waals surface area contributed by atoms with Gasteiger partial charge in [-0.2, -0.15) is 4.28 Å². The summed E-state index contributed by atoms with van der Waals surface area (Å²) in [5, 5.41) is 1.89. The van der Waals surface area contributed by atoms with Crippen LogP contribution < -0.4 is 10.8 Å². The summed E-state index contributed by atoms with van der Waals surface area (Å²) in [6, 6.07) is 6.65. The predicted octanol–water partition coefficient (Wildman–Crippen LogP) is 0.429. The zero-order valence-corrected chi connectivity index (χ0v) is 10.2. The van der Waals surface area contributed by atoms with Gasteiger partial charge in [-0.3, -0.25) is 4.79 Å². The minimum atomic E-state index is -2.64. The first-order valence-electron chi connectivity index (χ1n) is 4.91. The number of nitrogens with zero attached hydrogens (tertiary/aromatic N) is 1. The molecule has 0 aliphatic carbocycles. The molecule has 0 aliphatic rings. The van der Waals surface area contributed by atoms with E-state index in [0.717, 1.165) is 10.4 Å². The van der Waals surface area contributed by atoms with Crippen LogP contribution in [0.4, 0.5) is 5.69 Å². The number of aromatic nitrogens is 1. The van der Waals surface area contributed by atoms with Gasteiger partial charge in [-0.15, -0.1) is 0 Å². The standard InChI is InChI=1S/C10H11N3O4S/c1-13(17-18(15)16)7-3-2-6-4-9(10(11)14)12-8(6)5-7/h2-5,12H,1H3,(H2,11,14)(H,15,16)/p-1. The van der Waals surface area contributed by atoms with Crippen LogP contribution in [-0.4, -0.2) is 26.7 Å². The van der Waals surface area contributed by atoms with Crippen molar-refractivity contribution in [1.82, 2.24) is 4.98 Å². The van der Waals surface area contributed by atoms with Gasteiger partial charge >= 0.3 is 0 Å². The van der Waals surface area contributed by atoms with E-state index in [1.807, 2.05) is 0 Å². The maximum atomic E-state index is 11.0. The largest absolute Gasteiger partial charge is 0.748 e. The van der Waals surface area contributed by atoms with Crippen molar-refractivity contribution in [3.63, 3.8) is 0 Å². The number of H-pyrrole nitrogens is 1. The van der Waals surface area contributed by atoms with E-state index < -0.39 is 17.3 Å². The molecule has 8 heteroatoms. The van der Waals surface area contributed by atoms with Crippen LogP contribution in [-0.2, 0) is 15.6 Å². The third-order valence-electron chi connectivity index (χ3n) is 2.41. The number of anilines is 1. The first kappa shape index (κ1) is 12.6. The highest BCUT2D eigenvalue weighted by atomic mass is 32.2. The maximum absolute atomic E-state index is 11.0. The van der Waals surface area contributed by atoms with E-state index in [0.29, 0.717) is 11.2 Å². The molecule has 0 saturated heterocycles. The molecule has 1 amide bonds. The van der Waals surface area contributed by atoms with Crippen molar-refractivity contribution in [2.75, 3.05) is 12.1 Å². The second-order valence-corrected chi connectivity index (χ2v) is 4.15. The van der Waals surface area contributed by atoms with Crippen molar-refractivity contribution in [3.8, 4) is 0 Å². The number of hydrogen-bond donors (Lipinski definition) is 2. The number of nitrogens with two attached hydrogens (primary N) is 1. The molecule has 7 nitrogen and oxygen atoms in total. The molecule has 0 saturated carbocycles. The fourth-order valence-electron chi connectivity index (χ4n) is 1.58. The SMILES string of the molecule is CN(OS(=O)[O-])c1ccc2cc(C(N)=O)[nH]c2c1. The number of primary amides is 1. The third-order valence-corrected chi connectivity index (χ3v) is 2.75. The van der Waals surface area contributed by atoms with Crippen molar-refractivity contribution in [3.05, 3.63) is 30.0 Å². The lowest BCUT2D eigenvalue weighted by molar-refractivity contribution is 0.0996. The first-order chi connectivity index (χ1) is 8.47. The van der Waals surface area contributed by atoms with Crippen LogP contribution in [0, 0.1) is 0 Å². The summed E-state index contributed by atoms with van der Waals surface area (Å²) in [6.45, 7) is 0. The Morgan fingerprint density at radius 2 is 2.22 bits per heavy atom. The number of hydrogen-bond acceptors (Lipinski definition) is 5. The van der Waals surface area contributed by atoms with Crippen molar-refractivity contribution in [1.29, 1.82) is 0 Å². The Hall–Kier alpha value is -1.90. The van der Waals surface area contributed by atoms with E-state index in [2.05, 4.69) is 9.27 Å². The molecule has 0 aliphatic heterocycles. The lowest BCUT2D eigenvalue weighted by Crippen LogP contribution is -2.18. The maximum Gasteiger partial charge on any atom is 0.265 e. The Kier molecular flexibility index (Phi) is 3.32. The van der Waals surface area contributed by atoms with Crippen molar-refractivity contribution in [2.24, 2.45) is 5.73 Å². The monoisotopic (exact) mass is 268 g/mol. The van der Waals surface area contributed by atoms with Crippen molar-refractivity contribution < 1.29 is 17.8 Å². The van der Waals surface area contributed by atoms with Gasteiger partial charge in [0, 0.05) is 18.0 Å². The van der Waals surface area contributed by atoms with Gasteiger partial charge in [0.25, 0.3) is 5.91 Å². The van der Waals surface area contributed by atoms with Gasteiger partial charge in [0.1, 0.15) is 17.1 Å². The molecule has 1 atom stereocenters. The molecule has 3 N–H and O–H groups in total. The molecule has 1 aromatic carbocycles. The molecule has 1 heterocycles. The molecule has 0 fully saturated rings. The van der Waals surface area contributed by atoms with E-state index in [1.165, 1.54) is 7.05 Å². The van der Waals surface area contributed by atoms with Gasteiger partial charge in [0.05, 0.1) is 5.69 Å². The number of fused-ring (bicyclic) bond motifs is 1. The summed E-state index contributed by atoms with van der Waals surface area (Å²) < 4.78 is 25.3. The molecule has 96 valence electrons. The number of nitrogens with one attached hydrogen (secondary N) is 1. The zero-order chi connectivity index (χ0) is 13.3. The molecule has 18 heavy (non-hydrogen) atoms. The molecule has 1 aromatic heterocycles. The molecule has 1 unspecified atom stereocenters. The Balaban J connectivity index is 2.37. The van der Waals surface area contributed by atoms with Crippen LogP contribution in [0.2, 0.25) is 0 Å². The first-order valence-corrected chi connectivity index (χ1v) is 5.91. The number of carbonyl (C=O) groups excluding carboxylic acids is 1. The quantitative estimate of drug-likeness (QED) is 0.617. The van der Waals surface area contributed by atoms with Crippen molar-refractivity contribution in [2.45, 2.75) is 0 Å². The minimum Gasteiger partial charge on any atom is -0.748 e. The van der Waals surface area contributed by atoms with Crippen LogP contribution in [0.3, 0.4) is 0 Å². The average molecular weight is 268 g/mol. The summed E-state index contributed by atoms with van der Waals surface area (Å²) in [4.78, 5) is 13.8. The predicted molar refractivity (Wildman–Crippen MR) is 65.2 cm³/mol. The van der Waals surface area contributed by atoms with Gasteiger partial charge in [-0.25, -0.2) is 9.27 Å². The van der Waals surface area contributed by atoms with Crippen LogP contribution in [0.1, 0.15) is 10.5 Å². The molecular weight excluding hydrogens is 258 g/mol. The third kappa shape index (κ3) is 2.50. The summed E-state index contributed by atoms with van der Waals surface area (Å²) in [7, 11) is 1.45. The smallest absolute Gasteiger partial charge is 0.265 e. The number of rotatable bonds is 4. The van der Waals surface area contributed by atoms with Crippen LogP contribution in [0.25, 0.3) is 10.9 Å². The van der Waals surface area contributed by atoms with E-state index >= 15 is 0 Å². The number of amides is 1. The summed E-state index contributed by atoms with van der Waals surface area (Å²) >= 11 is -2.64. The molecular formula is C10H10N3O4S-. The molecule has 2 rings (SSSR count). The molecule has 0 bridgehead atoms. The zero-order valence-electron chi connectivity index (χ0n) is 9.38. The number of carbonyl (C=O) groups is 1. The van der Waals surface area contributed by atoms with Gasteiger partial charge in [0.15, 0.2) is 0 Å². The Morgan fingerprint density at radius 1 is 1.50 bits per heavy atom. The van der Waals surface area contributed by atoms with Gasteiger partial charge in [-0.1, -0.05) is 6.07 Å². The van der Waals surface area contributed by atoms with Crippen LogP contribution >= 0.6 is 0 Å². The Bertz CT molecular complexity index is 625. The topological polar surface area (TPSA) is 111 Å². The van der Waals surface area contributed by atoms with Crippen LogP contribution in [0.5, 0.6) is 0 Å². The lowest BCUT2D eigenvalue weighted by Gasteiger charge is -2.18. The van der Waals surface area contributed by atoms with E-state index in [4.69, 9.17) is 5.73 Å². The normalized spacial score (nSPS) is 12.6. The van der Waals surface area contributed by atoms with E-state index in [9.17, 15) is 13.6 Å². The van der Waals surface area contributed by atoms with E-state index in [-0.39, 0.29) is 5.69 Å². The summed E-state index contributed by atoms with van der Waals surface area (Å²) in [5.41, 5.74) is 6.62. The lowest BCUT2D eigenvalue weighted by atomic mass is 10.2. The Morgan fingerprint density at radius 3 is 2.83 bits per heavy atom. The van der Waals surface area contributed by atoms with Crippen LogP contribution in [0.15, 0.2) is 24.3 Å². The van der Waals surface area contributed by atoms with Crippen molar-refractivity contribution >= 4 is 33.9 Å². The number of benzene rings is 1. The second-order valence-electron chi connectivity index (χ2n) is 3.59. The Labute approximate surface area is 105 Å². The fraction of sp³-hybridized carbons (Fsp3) is 0.100. The van der Waals surface area contributed by atoms with Gasteiger partial charge in [0.2, 0.25) is 0 Å². The molecule has 2 aromatic rings. The highest BCUT2D eigenvalue weighted by molar-refractivity contribution is 7.74. The van der Waals surface area contributed by atoms with Gasteiger partial charge in [-0.05, 0) is 18.2 Å². The second kappa shape index (κ2) is 4.77. The summed E-state index contributed by atoms with van der Waals surface area (Å²) in [6.07, 6.45) is 0. The fourth-order valence-corrected chi connectivity index (χ4v) is 1.85. The van der Waals surface area contributed by atoms with Gasteiger partial charge < -0.3 is 15.3 Å². The number of aromatic amines is 1. The molecule has 0 radical (unpaired) electrons. The summed E-state index contributed by atoms with van der Waals surface area (Å²) in [5.74, 6) is -0.557. The van der Waals surface area contributed by atoms with E-state index in [1.54, 1.807) is 24.3 Å². The minimum absolute atomic E-state index is 0.290. The number of hydroxylamine groups is 1. The highest BCUT2D eigenvalue weighted by Crippen LogP contribution is 2.22.